The van der Waals surface area contributed by atoms with Crippen molar-refractivity contribution in [3.63, 3.8) is 0 Å². The second-order valence-electron chi connectivity index (χ2n) is 4.35. The summed E-state index contributed by atoms with van der Waals surface area (Å²) in [6.07, 6.45) is 0. The Kier molecular flexibility index (Phi) is 3.88. The predicted octanol–water partition coefficient (Wildman–Crippen LogP) is 4.29. The van der Waals surface area contributed by atoms with Crippen LogP contribution in [0.15, 0.2) is 12.1 Å². The molecular weight excluding hydrogens is 266 g/mol. The molecule has 96 valence electrons. The highest BCUT2D eigenvalue weighted by Crippen LogP contribution is 2.27. The first-order chi connectivity index (χ1) is 8.47. The highest BCUT2D eigenvalue weighted by molar-refractivity contribution is 7.12. The van der Waals surface area contributed by atoms with Gasteiger partial charge in [-0.1, -0.05) is 11.6 Å². The van der Waals surface area contributed by atoms with Crippen molar-refractivity contribution in [2.45, 2.75) is 33.7 Å². The van der Waals surface area contributed by atoms with E-state index in [4.69, 9.17) is 11.6 Å². The number of aromatic nitrogens is 2. The molecule has 2 aromatic heterocycles. The molecule has 1 unspecified atom stereocenters. The van der Waals surface area contributed by atoms with Gasteiger partial charge in [-0.25, -0.2) is 9.97 Å². The third kappa shape index (κ3) is 2.82. The number of nitrogens with zero attached hydrogens (tertiary/aromatic N) is 2. The molecule has 0 aliphatic heterocycles. The van der Waals surface area contributed by atoms with Crippen LogP contribution in [0.2, 0.25) is 5.15 Å². The summed E-state index contributed by atoms with van der Waals surface area (Å²) in [5, 5.41) is 3.74. The van der Waals surface area contributed by atoms with Gasteiger partial charge in [-0.3, -0.25) is 0 Å². The molecule has 0 saturated heterocycles. The van der Waals surface area contributed by atoms with Crippen LogP contribution in [-0.4, -0.2) is 9.97 Å². The number of halogens is 1. The average Bonchev–Trinajstić information content (AvgIpc) is 2.73. The number of rotatable bonds is 3. The summed E-state index contributed by atoms with van der Waals surface area (Å²) in [7, 11) is 0. The molecule has 0 spiro atoms. The van der Waals surface area contributed by atoms with Crippen molar-refractivity contribution in [3.8, 4) is 0 Å². The molecule has 1 N–H and O–H groups in total. The van der Waals surface area contributed by atoms with Crippen LogP contribution in [0.25, 0.3) is 0 Å². The summed E-state index contributed by atoms with van der Waals surface area (Å²) in [5.74, 6) is 0.651. The Morgan fingerprint density at radius 2 is 1.83 bits per heavy atom. The fourth-order valence-electron chi connectivity index (χ4n) is 1.63. The maximum Gasteiger partial charge on any atom is 0.171 e. The lowest BCUT2D eigenvalue weighted by molar-refractivity contribution is 0.885. The van der Waals surface area contributed by atoms with Gasteiger partial charge in [0.05, 0.1) is 17.4 Å². The molecule has 0 bridgehead atoms. The van der Waals surface area contributed by atoms with Crippen molar-refractivity contribution in [2.24, 2.45) is 0 Å². The Morgan fingerprint density at radius 3 is 2.44 bits per heavy atom. The molecule has 5 heteroatoms. The molecule has 0 saturated carbocycles. The second kappa shape index (κ2) is 5.24. The zero-order chi connectivity index (χ0) is 13.3. The Hall–Kier alpha value is -1.13. The van der Waals surface area contributed by atoms with E-state index in [0.717, 1.165) is 11.4 Å². The van der Waals surface area contributed by atoms with Gasteiger partial charge in [0.15, 0.2) is 11.0 Å². The normalized spacial score (nSPS) is 12.5. The number of anilines is 1. The minimum absolute atomic E-state index is 0.178. The van der Waals surface area contributed by atoms with Gasteiger partial charge in [0.2, 0.25) is 0 Å². The highest BCUT2D eigenvalue weighted by atomic mass is 35.5. The van der Waals surface area contributed by atoms with Crippen molar-refractivity contribution in [1.82, 2.24) is 9.97 Å². The van der Waals surface area contributed by atoms with Gasteiger partial charge >= 0.3 is 0 Å². The van der Waals surface area contributed by atoms with Crippen LogP contribution in [0.5, 0.6) is 0 Å². The number of hydrogen-bond acceptors (Lipinski definition) is 4. The monoisotopic (exact) mass is 281 g/mol. The summed E-state index contributed by atoms with van der Waals surface area (Å²) in [5.41, 5.74) is 1.77. The molecule has 0 aliphatic carbocycles. The van der Waals surface area contributed by atoms with E-state index in [0.29, 0.717) is 11.0 Å². The minimum Gasteiger partial charge on any atom is -0.360 e. The van der Waals surface area contributed by atoms with Gasteiger partial charge in [-0.15, -0.1) is 11.3 Å². The van der Waals surface area contributed by atoms with Crippen molar-refractivity contribution in [2.75, 3.05) is 5.32 Å². The largest absolute Gasteiger partial charge is 0.360 e. The average molecular weight is 282 g/mol. The van der Waals surface area contributed by atoms with E-state index in [1.54, 1.807) is 11.3 Å². The van der Waals surface area contributed by atoms with Crippen LogP contribution in [0, 0.1) is 20.8 Å². The zero-order valence-corrected chi connectivity index (χ0v) is 12.5. The van der Waals surface area contributed by atoms with E-state index >= 15 is 0 Å². The lowest BCUT2D eigenvalue weighted by atomic mass is 10.2. The number of hydrogen-bond donors (Lipinski definition) is 1. The lowest BCUT2D eigenvalue weighted by Crippen LogP contribution is -2.09. The van der Waals surface area contributed by atoms with Crippen molar-refractivity contribution in [3.05, 3.63) is 38.4 Å². The second-order valence-corrected chi connectivity index (χ2v) is 6.03. The Balaban J connectivity index is 2.21. The fourth-order valence-corrected chi connectivity index (χ4v) is 2.73. The summed E-state index contributed by atoms with van der Waals surface area (Å²) in [6, 6.07) is 4.42. The maximum absolute atomic E-state index is 6.11. The summed E-state index contributed by atoms with van der Waals surface area (Å²) < 4.78 is 0. The van der Waals surface area contributed by atoms with Gasteiger partial charge in [-0.05, 0) is 39.8 Å². The van der Waals surface area contributed by atoms with E-state index in [9.17, 15) is 0 Å². The Bertz CT molecular complexity index is 565. The molecule has 0 fully saturated rings. The molecule has 2 heterocycles. The van der Waals surface area contributed by atoms with Crippen LogP contribution < -0.4 is 5.32 Å². The molecular formula is C13H16ClN3S. The Morgan fingerprint density at radius 1 is 1.17 bits per heavy atom. The van der Waals surface area contributed by atoms with Crippen LogP contribution in [0.1, 0.15) is 34.1 Å². The summed E-state index contributed by atoms with van der Waals surface area (Å²) >= 11 is 7.88. The van der Waals surface area contributed by atoms with E-state index in [2.05, 4.69) is 41.3 Å². The molecule has 0 amide bonds. The first-order valence-electron chi connectivity index (χ1n) is 5.81. The number of nitrogens with one attached hydrogen (secondary N) is 1. The van der Waals surface area contributed by atoms with Crippen LogP contribution in [0.3, 0.4) is 0 Å². The molecule has 3 nitrogen and oxygen atoms in total. The molecule has 0 radical (unpaired) electrons. The Labute approximate surface area is 116 Å². The van der Waals surface area contributed by atoms with Gasteiger partial charge in [0.1, 0.15) is 0 Å². The van der Waals surface area contributed by atoms with E-state index in [1.807, 2.05) is 13.8 Å². The smallest absolute Gasteiger partial charge is 0.171 e. The molecule has 2 aromatic rings. The van der Waals surface area contributed by atoms with Crippen molar-refractivity contribution in [1.29, 1.82) is 0 Å². The SMILES string of the molecule is Cc1ccc(C(C)Nc2nc(C)c(C)nc2Cl)s1. The van der Waals surface area contributed by atoms with Crippen molar-refractivity contribution >= 4 is 28.8 Å². The van der Waals surface area contributed by atoms with Crippen LogP contribution in [-0.2, 0) is 0 Å². The summed E-state index contributed by atoms with van der Waals surface area (Å²) in [4.78, 5) is 11.3. The van der Waals surface area contributed by atoms with Crippen LogP contribution >= 0.6 is 22.9 Å². The van der Waals surface area contributed by atoms with Crippen LogP contribution in [0.4, 0.5) is 5.82 Å². The minimum atomic E-state index is 0.178. The third-order valence-electron chi connectivity index (χ3n) is 2.81. The third-order valence-corrected chi connectivity index (χ3v) is 4.25. The molecule has 0 aromatic carbocycles. The first kappa shape index (κ1) is 13.3. The lowest BCUT2D eigenvalue weighted by Gasteiger charge is -2.14. The first-order valence-corrected chi connectivity index (χ1v) is 7.00. The van der Waals surface area contributed by atoms with E-state index in [-0.39, 0.29) is 6.04 Å². The zero-order valence-electron chi connectivity index (χ0n) is 10.9. The number of thiophene rings is 1. The molecule has 2 rings (SSSR count). The van der Waals surface area contributed by atoms with Gasteiger partial charge in [0, 0.05) is 9.75 Å². The van der Waals surface area contributed by atoms with E-state index in [1.165, 1.54) is 9.75 Å². The number of aryl methyl sites for hydroxylation is 3. The van der Waals surface area contributed by atoms with Gasteiger partial charge in [-0.2, -0.15) is 0 Å². The topological polar surface area (TPSA) is 37.8 Å². The van der Waals surface area contributed by atoms with Gasteiger partial charge < -0.3 is 5.32 Å². The molecule has 1 atom stereocenters. The quantitative estimate of drug-likeness (QED) is 0.912. The highest BCUT2D eigenvalue weighted by Gasteiger charge is 2.12. The van der Waals surface area contributed by atoms with Crippen molar-refractivity contribution < 1.29 is 0 Å². The predicted molar refractivity (Wildman–Crippen MR) is 77.6 cm³/mol. The maximum atomic E-state index is 6.11. The molecule has 0 aliphatic rings. The molecule has 18 heavy (non-hydrogen) atoms. The summed E-state index contributed by atoms with van der Waals surface area (Å²) in [6.45, 7) is 8.04. The van der Waals surface area contributed by atoms with Gasteiger partial charge in [0.25, 0.3) is 0 Å². The fraction of sp³-hybridized carbons (Fsp3) is 0.385. The van der Waals surface area contributed by atoms with E-state index < -0.39 is 0 Å². The standard InChI is InChI=1S/C13H16ClN3S/c1-7-5-6-11(18-7)10(4)17-13-12(14)15-8(2)9(3)16-13/h5-6,10H,1-4H3,(H,16,17).